The lowest BCUT2D eigenvalue weighted by molar-refractivity contribution is -0.175. The van der Waals surface area contributed by atoms with E-state index >= 15 is 0 Å². The van der Waals surface area contributed by atoms with Gasteiger partial charge in [0.1, 0.15) is 13.2 Å². The molecule has 0 aliphatic rings. The van der Waals surface area contributed by atoms with Gasteiger partial charge in [-0.2, -0.15) is 18.3 Å². The van der Waals surface area contributed by atoms with Crippen molar-refractivity contribution in [2.75, 3.05) is 13.2 Å². The fourth-order valence-electron chi connectivity index (χ4n) is 1.12. The second-order valence-electron chi connectivity index (χ2n) is 3.43. The highest BCUT2D eigenvalue weighted by Crippen LogP contribution is 2.14. The van der Waals surface area contributed by atoms with Crippen LogP contribution in [-0.2, 0) is 9.53 Å². The van der Waals surface area contributed by atoms with E-state index in [-0.39, 0.29) is 6.04 Å². The van der Waals surface area contributed by atoms with E-state index in [1.165, 1.54) is 6.20 Å². The number of rotatable bonds is 5. The molecule has 17 heavy (non-hydrogen) atoms. The molecule has 2 N–H and O–H groups in total. The van der Waals surface area contributed by atoms with Crippen molar-refractivity contribution < 1.29 is 22.7 Å². The lowest BCUT2D eigenvalue weighted by Gasteiger charge is -2.12. The number of hydrogen-bond donors (Lipinski definition) is 2. The summed E-state index contributed by atoms with van der Waals surface area (Å²) in [4.78, 5) is 11.2. The molecular weight excluding hydrogens is 239 g/mol. The molecule has 0 bridgehead atoms. The summed E-state index contributed by atoms with van der Waals surface area (Å²) in [5.74, 6) is -0.608. The first-order valence-corrected chi connectivity index (χ1v) is 4.81. The van der Waals surface area contributed by atoms with Crippen LogP contribution in [0.2, 0.25) is 0 Å². The van der Waals surface area contributed by atoms with E-state index in [0.29, 0.717) is 0 Å². The van der Waals surface area contributed by atoms with Gasteiger partial charge in [0.25, 0.3) is 0 Å². The van der Waals surface area contributed by atoms with Gasteiger partial charge in [-0.1, -0.05) is 0 Å². The molecule has 96 valence electrons. The van der Waals surface area contributed by atoms with Crippen LogP contribution >= 0.6 is 0 Å². The van der Waals surface area contributed by atoms with Crippen molar-refractivity contribution in [3.05, 3.63) is 18.0 Å². The molecule has 1 rings (SSSR count). The number of amides is 1. The highest BCUT2D eigenvalue weighted by atomic mass is 19.4. The van der Waals surface area contributed by atoms with Crippen molar-refractivity contribution in [3.8, 4) is 0 Å². The number of nitrogens with one attached hydrogen (secondary N) is 2. The van der Waals surface area contributed by atoms with Crippen LogP contribution in [0.3, 0.4) is 0 Å². The van der Waals surface area contributed by atoms with Gasteiger partial charge < -0.3 is 10.1 Å². The maximum absolute atomic E-state index is 11.7. The second kappa shape index (κ2) is 5.67. The van der Waals surface area contributed by atoms with Crippen LogP contribution < -0.4 is 5.32 Å². The molecule has 0 radical (unpaired) electrons. The van der Waals surface area contributed by atoms with Crippen molar-refractivity contribution in [2.45, 2.75) is 19.1 Å². The number of carbonyl (C=O) groups is 1. The van der Waals surface area contributed by atoms with Crippen LogP contribution in [0.15, 0.2) is 12.4 Å². The summed E-state index contributed by atoms with van der Waals surface area (Å²) in [6.07, 6.45) is -1.32. The SMILES string of the molecule is CC(NC(=O)COCC(F)(F)F)c1cn[nH]c1. The lowest BCUT2D eigenvalue weighted by atomic mass is 10.2. The number of H-pyrrole nitrogens is 1. The molecule has 0 aliphatic carbocycles. The minimum atomic E-state index is -4.42. The number of aromatic amines is 1. The molecule has 0 spiro atoms. The number of alkyl halides is 3. The molecule has 0 aromatic carbocycles. The predicted octanol–water partition coefficient (Wildman–Crippen LogP) is 1.17. The normalized spacial score (nSPS) is 13.4. The number of nitrogens with zero attached hydrogens (tertiary/aromatic N) is 1. The first kappa shape index (κ1) is 13.5. The van der Waals surface area contributed by atoms with Gasteiger partial charge >= 0.3 is 6.18 Å². The van der Waals surface area contributed by atoms with Gasteiger partial charge in [0.05, 0.1) is 12.2 Å². The van der Waals surface area contributed by atoms with Crippen LogP contribution in [0.25, 0.3) is 0 Å². The molecule has 1 aromatic heterocycles. The monoisotopic (exact) mass is 251 g/mol. The largest absolute Gasteiger partial charge is 0.411 e. The van der Waals surface area contributed by atoms with Crippen LogP contribution in [0, 0.1) is 0 Å². The standard InChI is InChI=1S/C9H12F3N3O2/c1-6(7-2-13-14-3-7)15-8(16)4-17-5-9(10,11)12/h2-3,6H,4-5H2,1H3,(H,13,14)(H,15,16). The minimum absolute atomic E-state index is 0.337. The Bertz CT molecular complexity index is 351. The van der Waals surface area contributed by atoms with Crippen molar-refractivity contribution in [1.29, 1.82) is 0 Å². The minimum Gasteiger partial charge on any atom is -0.362 e. The number of halogens is 3. The first-order valence-electron chi connectivity index (χ1n) is 4.81. The Hall–Kier alpha value is -1.57. The Kier molecular flexibility index (Phi) is 4.50. The number of hydrogen-bond acceptors (Lipinski definition) is 3. The van der Waals surface area contributed by atoms with E-state index in [2.05, 4.69) is 20.3 Å². The van der Waals surface area contributed by atoms with Crippen molar-refractivity contribution in [1.82, 2.24) is 15.5 Å². The molecule has 0 aliphatic heterocycles. The summed E-state index contributed by atoms with van der Waals surface area (Å²) in [5, 5.41) is 8.73. The van der Waals surface area contributed by atoms with E-state index in [1.807, 2.05) is 0 Å². The van der Waals surface area contributed by atoms with Crippen LogP contribution in [0.1, 0.15) is 18.5 Å². The van der Waals surface area contributed by atoms with Crippen molar-refractivity contribution >= 4 is 5.91 Å². The average molecular weight is 251 g/mol. The molecule has 8 heteroatoms. The lowest BCUT2D eigenvalue weighted by Crippen LogP contribution is -2.31. The van der Waals surface area contributed by atoms with Crippen LogP contribution in [-0.4, -0.2) is 35.5 Å². The maximum Gasteiger partial charge on any atom is 0.411 e. The number of aromatic nitrogens is 2. The highest BCUT2D eigenvalue weighted by Gasteiger charge is 2.27. The van der Waals surface area contributed by atoms with Crippen molar-refractivity contribution in [3.63, 3.8) is 0 Å². The second-order valence-corrected chi connectivity index (χ2v) is 3.43. The number of carbonyl (C=O) groups excluding carboxylic acids is 1. The number of ether oxygens (including phenoxy) is 1. The molecule has 0 saturated heterocycles. The summed E-state index contributed by atoms with van der Waals surface area (Å²) < 4.78 is 39.4. The van der Waals surface area contributed by atoms with Crippen LogP contribution in [0.5, 0.6) is 0 Å². The summed E-state index contributed by atoms with van der Waals surface area (Å²) in [5.41, 5.74) is 0.731. The van der Waals surface area contributed by atoms with Gasteiger partial charge in [-0.25, -0.2) is 0 Å². The molecular formula is C9H12F3N3O2. The van der Waals surface area contributed by atoms with Gasteiger partial charge in [-0.05, 0) is 6.92 Å². The Morgan fingerprint density at radius 2 is 2.35 bits per heavy atom. The van der Waals surface area contributed by atoms with E-state index in [1.54, 1.807) is 13.1 Å². The maximum atomic E-state index is 11.7. The molecule has 0 saturated carbocycles. The fourth-order valence-corrected chi connectivity index (χ4v) is 1.12. The van der Waals surface area contributed by atoms with E-state index < -0.39 is 25.3 Å². The topological polar surface area (TPSA) is 67.0 Å². The van der Waals surface area contributed by atoms with Crippen molar-refractivity contribution in [2.24, 2.45) is 0 Å². The Labute approximate surface area is 95.3 Å². The smallest absolute Gasteiger partial charge is 0.362 e. The fraction of sp³-hybridized carbons (Fsp3) is 0.556. The van der Waals surface area contributed by atoms with Crippen LogP contribution in [0.4, 0.5) is 13.2 Å². The van der Waals surface area contributed by atoms with E-state index in [0.717, 1.165) is 5.56 Å². The molecule has 0 fully saturated rings. The highest BCUT2D eigenvalue weighted by molar-refractivity contribution is 5.77. The molecule has 1 aromatic rings. The Morgan fingerprint density at radius 1 is 1.65 bits per heavy atom. The molecule has 1 heterocycles. The van der Waals surface area contributed by atoms with Gasteiger partial charge in [0, 0.05) is 11.8 Å². The average Bonchev–Trinajstić information content (AvgIpc) is 2.67. The summed E-state index contributed by atoms with van der Waals surface area (Å²) in [6.45, 7) is -0.366. The Morgan fingerprint density at radius 3 is 2.88 bits per heavy atom. The zero-order valence-electron chi connectivity index (χ0n) is 9.04. The third kappa shape index (κ3) is 5.34. The van der Waals surface area contributed by atoms with Gasteiger partial charge in [-0.15, -0.1) is 0 Å². The quantitative estimate of drug-likeness (QED) is 0.825. The molecule has 1 amide bonds. The van der Waals surface area contributed by atoms with E-state index in [9.17, 15) is 18.0 Å². The molecule has 1 unspecified atom stereocenters. The van der Waals surface area contributed by atoms with Gasteiger partial charge in [-0.3, -0.25) is 9.89 Å². The van der Waals surface area contributed by atoms with Gasteiger partial charge in [0.2, 0.25) is 5.91 Å². The third-order valence-electron chi connectivity index (χ3n) is 1.90. The zero-order chi connectivity index (χ0) is 12.9. The Balaban J connectivity index is 2.26. The molecule has 5 nitrogen and oxygen atoms in total. The molecule has 1 atom stereocenters. The summed E-state index contributed by atoms with van der Waals surface area (Å²) in [7, 11) is 0. The summed E-state index contributed by atoms with van der Waals surface area (Å²) >= 11 is 0. The van der Waals surface area contributed by atoms with Gasteiger partial charge in [0.15, 0.2) is 0 Å². The summed E-state index contributed by atoms with van der Waals surface area (Å²) in [6, 6.07) is -0.337. The zero-order valence-corrected chi connectivity index (χ0v) is 9.04. The third-order valence-corrected chi connectivity index (χ3v) is 1.90. The first-order chi connectivity index (χ1) is 7.88. The van der Waals surface area contributed by atoms with E-state index in [4.69, 9.17) is 0 Å². The predicted molar refractivity (Wildman–Crippen MR) is 52.0 cm³/mol.